The van der Waals surface area contributed by atoms with Crippen LogP contribution in [-0.2, 0) is 11.3 Å². The van der Waals surface area contributed by atoms with Crippen LogP contribution in [0.25, 0.3) is 10.2 Å². The molecule has 106 valence electrons. The van der Waals surface area contributed by atoms with Crippen molar-refractivity contribution in [2.45, 2.75) is 6.61 Å². The lowest BCUT2D eigenvalue weighted by atomic mass is 10.2. The fraction of sp³-hybridized carbons (Fsp3) is 0.0667. The highest BCUT2D eigenvalue weighted by atomic mass is 35.5. The zero-order chi connectivity index (χ0) is 14.7. The molecule has 0 aliphatic rings. The number of halogens is 1. The number of fused-ring (bicyclic) bond motifs is 1. The first-order valence-electron chi connectivity index (χ1n) is 6.24. The lowest BCUT2D eigenvalue weighted by molar-refractivity contribution is 0.155. The van der Waals surface area contributed by atoms with Crippen molar-refractivity contribution in [3.8, 4) is 0 Å². The molecule has 0 saturated carbocycles. The Balaban J connectivity index is 1.63. The van der Waals surface area contributed by atoms with E-state index in [0.717, 1.165) is 15.8 Å². The Hall–Kier alpha value is -2.11. The van der Waals surface area contributed by atoms with Gasteiger partial charge in [0.15, 0.2) is 4.47 Å². The molecular weight excluding hydrogens is 308 g/mol. The van der Waals surface area contributed by atoms with Crippen LogP contribution in [0.5, 0.6) is 0 Å². The van der Waals surface area contributed by atoms with Crippen molar-refractivity contribution in [2.24, 2.45) is 0 Å². The fourth-order valence-corrected chi connectivity index (χ4v) is 2.87. The maximum Gasteiger partial charge on any atom is 0.411 e. The number of carbonyl (C=O) groups is 1. The number of anilines is 1. The van der Waals surface area contributed by atoms with Gasteiger partial charge in [-0.2, -0.15) is 0 Å². The number of aromatic nitrogens is 1. The Kier molecular flexibility index (Phi) is 4.03. The number of hydrogen-bond acceptors (Lipinski definition) is 4. The van der Waals surface area contributed by atoms with Crippen LogP contribution in [0.4, 0.5) is 10.5 Å². The van der Waals surface area contributed by atoms with Crippen molar-refractivity contribution in [1.82, 2.24) is 4.98 Å². The third-order valence-electron chi connectivity index (χ3n) is 2.82. The molecule has 1 N–H and O–H groups in total. The van der Waals surface area contributed by atoms with E-state index in [2.05, 4.69) is 10.3 Å². The largest absolute Gasteiger partial charge is 0.444 e. The predicted octanol–water partition coefficient (Wildman–Crippen LogP) is 4.70. The normalized spacial score (nSPS) is 10.5. The van der Waals surface area contributed by atoms with Gasteiger partial charge in [0.2, 0.25) is 0 Å². The van der Waals surface area contributed by atoms with Crippen LogP contribution in [0.3, 0.4) is 0 Å². The molecule has 1 heterocycles. The Morgan fingerprint density at radius 1 is 1.24 bits per heavy atom. The molecule has 0 atom stereocenters. The standard InChI is InChI=1S/C15H11ClN2O2S/c16-14-18-12-8-11(6-7-13(12)21-14)17-15(19)20-9-10-4-2-1-3-5-10/h1-8H,9H2,(H,17,19). The first-order chi connectivity index (χ1) is 10.2. The second kappa shape index (κ2) is 6.11. The van der Waals surface area contributed by atoms with Crippen LogP contribution in [0.1, 0.15) is 5.56 Å². The van der Waals surface area contributed by atoms with Gasteiger partial charge in [-0.15, -0.1) is 11.3 Å². The van der Waals surface area contributed by atoms with Crippen LogP contribution in [0.15, 0.2) is 48.5 Å². The SMILES string of the molecule is O=C(Nc1ccc2sc(Cl)nc2c1)OCc1ccccc1. The molecule has 0 saturated heterocycles. The molecule has 0 aliphatic heterocycles. The summed E-state index contributed by atoms with van der Waals surface area (Å²) < 4.78 is 6.61. The van der Waals surface area contributed by atoms with E-state index >= 15 is 0 Å². The summed E-state index contributed by atoms with van der Waals surface area (Å²) in [7, 11) is 0. The maximum absolute atomic E-state index is 11.7. The third-order valence-corrected chi connectivity index (χ3v) is 3.96. The Morgan fingerprint density at radius 3 is 2.86 bits per heavy atom. The molecule has 21 heavy (non-hydrogen) atoms. The van der Waals surface area contributed by atoms with Gasteiger partial charge in [-0.05, 0) is 23.8 Å². The lowest BCUT2D eigenvalue weighted by Gasteiger charge is -2.07. The second-order valence-corrected chi connectivity index (χ2v) is 5.95. The second-order valence-electron chi connectivity index (χ2n) is 4.34. The summed E-state index contributed by atoms with van der Waals surface area (Å²) >= 11 is 7.25. The van der Waals surface area contributed by atoms with Crippen LogP contribution in [0.2, 0.25) is 4.47 Å². The summed E-state index contributed by atoms with van der Waals surface area (Å²) in [5, 5.41) is 2.67. The van der Waals surface area contributed by atoms with Crippen molar-refractivity contribution < 1.29 is 9.53 Å². The Bertz CT molecular complexity index is 774. The van der Waals surface area contributed by atoms with E-state index in [1.54, 1.807) is 12.1 Å². The highest BCUT2D eigenvalue weighted by Gasteiger charge is 2.06. The number of benzene rings is 2. The number of ether oxygens (including phenoxy) is 1. The summed E-state index contributed by atoms with van der Waals surface area (Å²) in [5.74, 6) is 0. The minimum Gasteiger partial charge on any atom is -0.444 e. The lowest BCUT2D eigenvalue weighted by Crippen LogP contribution is -2.13. The highest BCUT2D eigenvalue weighted by molar-refractivity contribution is 7.22. The summed E-state index contributed by atoms with van der Waals surface area (Å²) in [6.07, 6.45) is -0.500. The highest BCUT2D eigenvalue weighted by Crippen LogP contribution is 2.27. The Morgan fingerprint density at radius 2 is 2.05 bits per heavy atom. The molecule has 1 amide bonds. The Labute approximate surface area is 130 Å². The number of amides is 1. The predicted molar refractivity (Wildman–Crippen MR) is 84.9 cm³/mol. The van der Waals surface area contributed by atoms with E-state index in [0.29, 0.717) is 10.2 Å². The molecule has 3 rings (SSSR count). The summed E-state index contributed by atoms with van der Waals surface area (Å²) in [6, 6.07) is 14.9. The molecule has 0 aliphatic carbocycles. The minimum absolute atomic E-state index is 0.234. The van der Waals surface area contributed by atoms with Crippen molar-refractivity contribution in [1.29, 1.82) is 0 Å². The van der Waals surface area contributed by atoms with Gasteiger partial charge in [-0.3, -0.25) is 5.32 Å². The minimum atomic E-state index is -0.500. The van der Waals surface area contributed by atoms with Gasteiger partial charge in [-0.1, -0.05) is 41.9 Å². The summed E-state index contributed by atoms with van der Waals surface area (Å²) in [6.45, 7) is 0.234. The maximum atomic E-state index is 11.7. The fourth-order valence-electron chi connectivity index (χ4n) is 1.85. The molecule has 3 aromatic rings. The average molecular weight is 319 g/mol. The molecule has 0 unspecified atom stereocenters. The number of hydrogen-bond donors (Lipinski definition) is 1. The van der Waals surface area contributed by atoms with Gasteiger partial charge in [0, 0.05) is 5.69 Å². The van der Waals surface area contributed by atoms with Gasteiger partial charge in [0.25, 0.3) is 0 Å². The van der Waals surface area contributed by atoms with E-state index in [4.69, 9.17) is 16.3 Å². The van der Waals surface area contributed by atoms with E-state index in [1.807, 2.05) is 36.4 Å². The third kappa shape index (κ3) is 3.51. The van der Waals surface area contributed by atoms with Gasteiger partial charge in [0.1, 0.15) is 6.61 Å². The first-order valence-corrected chi connectivity index (χ1v) is 7.44. The van der Waals surface area contributed by atoms with Gasteiger partial charge >= 0.3 is 6.09 Å². The molecule has 4 nitrogen and oxygen atoms in total. The van der Waals surface area contributed by atoms with Crippen LogP contribution < -0.4 is 5.32 Å². The number of nitrogens with zero attached hydrogens (tertiary/aromatic N) is 1. The van der Waals surface area contributed by atoms with Gasteiger partial charge in [-0.25, -0.2) is 9.78 Å². The number of nitrogens with one attached hydrogen (secondary N) is 1. The van der Waals surface area contributed by atoms with E-state index in [-0.39, 0.29) is 6.61 Å². The molecule has 1 aromatic heterocycles. The summed E-state index contributed by atoms with van der Waals surface area (Å²) in [5.41, 5.74) is 2.32. The number of rotatable bonds is 3. The quantitative estimate of drug-likeness (QED) is 0.761. The molecule has 0 bridgehead atoms. The van der Waals surface area contributed by atoms with Crippen molar-refractivity contribution >= 4 is 44.9 Å². The molecular formula is C15H11ClN2O2S. The molecule has 6 heteroatoms. The van der Waals surface area contributed by atoms with Crippen molar-refractivity contribution in [3.05, 3.63) is 58.6 Å². The average Bonchev–Trinajstić information content (AvgIpc) is 2.85. The zero-order valence-corrected chi connectivity index (χ0v) is 12.4. The van der Waals surface area contributed by atoms with Crippen LogP contribution in [-0.4, -0.2) is 11.1 Å². The van der Waals surface area contributed by atoms with Gasteiger partial charge < -0.3 is 4.74 Å². The number of thiazole rings is 1. The first kappa shape index (κ1) is 13.9. The molecule has 0 fully saturated rings. The zero-order valence-electron chi connectivity index (χ0n) is 10.9. The molecule has 0 spiro atoms. The van der Waals surface area contributed by atoms with Crippen LogP contribution >= 0.6 is 22.9 Å². The van der Waals surface area contributed by atoms with Gasteiger partial charge in [0.05, 0.1) is 10.2 Å². The molecule has 2 aromatic carbocycles. The van der Waals surface area contributed by atoms with E-state index < -0.39 is 6.09 Å². The smallest absolute Gasteiger partial charge is 0.411 e. The summed E-state index contributed by atoms with van der Waals surface area (Å²) in [4.78, 5) is 15.9. The number of carbonyl (C=O) groups excluding carboxylic acids is 1. The van der Waals surface area contributed by atoms with E-state index in [1.165, 1.54) is 11.3 Å². The van der Waals surface area contributed by atoms with E-state index in [9.17, 15) is 4.79 Å². The van der Waals surface area contributed by atoms with Crippen molar-refractivity contribution in [2.75, 3.05) is 5.32 Å². The molecule has 0 radical (unpaired) electrons. The topological polar surface area (TPSA) is 51.2 Å². The van der Waals surface area contributed by atoms with Crippen LogP contribution in [0, 0.1) is 0 Å². The monoisotopic (exact) mass is 318 g/mol. The van der Waals surface area contributed by atoms with Crippen molar-refractivity contribution in [3.63, 3.8) is 0 Å².